The Morgan fingerprint density at radius 1 is 1.29 bits per heavy atom. The molecule has 0 aliphatic carbocycles. The summed E-state index contributed by atoms with van der Waals surface area (Å²) in [5.41, 5.74) is -0.686. The van der Waals surface area contributed by atoms with E-state index in [0.717, 1.165) is 25.8 Å². The van der Waals surface area contributed by atoms with Crippen LogP contribution in [-0.2, 0) is 0 Å². The van der Waals surface area contributed by atoms with Crippen LogP contribution in [-0.4, -0.2) is 36.5 Å². The van der Waals surface area contributed by atoms with Crippen LogP contribution in [0.1, 0.15) is 36.5 Å². The molecule has 1 atom stereocenters. The molecule has 1 unspecified atom stereocenters. The Hall–Kier alpha value is -1.56. The molecule has 0 aromatic heterocycles. The molecular formula is C15H19F3N2O. The lowest BCUT2D eigenvalue weighted by atomic mass is 10.0. The zero-order chi connectivity index (χ0) is 15.4. The summed E-state index contributed by atoms with van der Waals surface area (Å²) < 4.78 is 40.3. The molecule has 1 saturated heterocycles. The Morgan fingerprint density at radius 3 is 2.48 bits per heavy atom. The van der Waals surface area contributed by atoms with Crippen molar-refractivity contribution in [3.63, 3.8) is 0 Å². The van der Waals surface area contributed by atoms with Gasteiger partial charge in [-0.2, -0.15) is 0 Å². The van der Waals surface area contributed by atoms with Crippen LogP contribution in [0.5, 0.6) is 0 Å². The number of rotatable bonds is 4. The molecule has 2 rings (SSSR count). The van der Waals surface area contributed by atoms with Gasteiger partial charge in [-0.3, -0.25) is 4.79 Å². The molecule has 1 aliphatic rings. The number of benzene rings is 1. The van der Waals surface area contributed by atoms with Crippen molar-refractivity contribution < 1.29 is 18.0 Å². The van der Waals surface area contributed by atoms with Gasteiger partial charge in [0, 0.05) is 31.3 Å². The molecule has 6 heteroatoms. The van der Waals surface area contributed by atoms with Crippen LogP contribution in [0.4, 0.5) is 13.2 Å². The maximum atomic E-state index is 13.7. The molecule has 3 nitrogen and oxygen atoms in total. The molecule has 1 aromatic rings. The number of halogens is 3. The largest absolute Gasteiger partial charge is 0.337 e. The van der Waals surface area contributed by atoms with E-state index in [1.165, 1.54) is 4.90 Å². The summed E-state index contributed by atoms with van der Waals surface area (Å²) in [5.74, 6) is -4.08. The summed E-state index contributed by atoms with van der Waals surface area (Å²) in [5, 5.41) is 3.29. The van der Waals surface area contributed by atoms with Gasteiger partial charge in [-0.05, 0) is 26.3 Å². The molecule has 21 heavy (non-hydrogen) atoms. The molecule has 1 N–H and O–H groups in total. The van der Waals surface area contributed by atoms with Crippen molar-refractivity contribution in [3.05, 3.63) is 35.1 Å². The predicted octanol–water partition coefficient (Wildman–Crippen LogP) is 2.71. The van der Waals surface area contributed by atoms with Crippen molar-refractivity contribution in [3.8, 4) is 0 Å². The van der Waals surface area contributed by atoms with Gasteiger partial charge in [0.05, 0.1) is 0 Å². The fraction of sp³-hybridized carbons (Fsp3) is 0.533. The minimum Gasteiger partial charge on any atom is -0.337 e. The van der Waals surface area contributed by atoms with Gasteiger partial charge in [-0.15, -0.1) is 0 Å². The van der Waals surface area contributed by atoms with E-state index < -0.39 is 28.9 Å². The summed E-state index contributed by atoms with van der Waals surface area (Å²) in [7, 11) is 0. The number of nitrogens with one attached hydrogen (secondary N) is 1. The van der Waals surface area contributed by atoms with Crippen LogP contribution in [0.3, 0.4) is 0 Å². The average molecular weight is 300 g/mol. The number of likely N-dealkylation sites (N-methyl/N-ethyl adjacent to an activating group) is 1. The van der Waals surface area contributed by atoms with Crippen LogP contribution in [0.15, 0.2) is 12.1 Å². The third kappa shape index (κ3) is 3.75. The van der Waals surface area contributed by atoms with Gasteiger partial charge in [0.1, 0.15) is 23.0 Å². The van der Waals surface area contributed by atoms with E-state index in [2.05, 4.69) is 5.32 Å². The minimum atomic E-state index is -1.16. The molecule has 116 valence electrons. The Bertz CT molecular complexity index is 493. The van der Waals surface area contributed by atoms with Gasteiger partial charge in [-0.25, -0.2) is 13.2 Å². The van der Waals surface area contributed by atoms with Gasteiger partial charge in [0.2, 0.25) is 0 Å². The van der Waals surface area contributed by atoms with Crippen LogP contribution < -0.4 is 5.32 Å². The van der Waals surface area contributed by atoms with Gasteiger partial charge >= 0.3 is 0 Å². The number of nitrogens with zero attached hydrogens (tertiary/aromatic N) is 1. The zero-order valence-corrected chi connectivity index (χ0v) is 12.0. The average Bonchev–Trinajstić information content (AvgIpc) is 2.44. The van der Waals surface area contributed by atoms with Crippen molar-refractivity contribution in [2.75, 3.05) is 19.6 Å². The molecule has 0 radical (unpaired) electrons. The first-order valence-corrected chi connectivity index (χ1v) is 7.20. The molecule has 0 spiro atoms. The normalized spacial score (nSPS) is 18.6. The van der Waals surface area contributed by atoms with Crippen LogP contribution in [0, 0.1) is 17.5 Å². The number of hydrogen-bond acceptors (Lipinski definition) is 2. The lowest BCUT2D eigenvalue weighted by Gasteiger charge is -2.30. The highest BCUT2D eigenvalue weighted by atomic mass is 19.1. The Labute approximate surface area is 122 Å². The van der Waals surface area contributed by atoms with Gasteiger partial charge in [0.15, 0.2) is 0 Å². The highest BCUT2D eigenvalue weighted by Gasteiger charge is 2.25. The highest BCUT2D eigenvalue weighted by molar-refractivity contribution is 5.94. The fourth-order valence-corrected chi connectivity index (χ4v) is 2.61. The maximum Gasteiger partial charge on any atom is 0.259 e. The quantitative estimate of drug-likeness (QED) is 0.927. The van der Waals surface area contributed by atoms with Crippen LogP contribution in [0.2, 0.25) is 0 Å². The topological polar surface area (TPSA) is 32.3 Å². The van der Waals surface area contributed by atoms with E-state index in [-0.39, 0.29) is 6.04 Å². The second-order valence-corrected chi connectivity index (χ2v) is 5.24. The second-order valence-electron chi connectivity index (χ2n) is 5.24. The summed E-state index contributed by atoms with van der Waals surface area (Å²) in [4.78, 5) is 13.7. The highest BCUT2D eigenvalue weighted by Crippen LogP contribution is 2.18. The van der Waals surface area contributed by atoms with Crippen molar-refractivity contribution in [2.45, 2.75) is 32.2 Å². The predicted molar refractivity (Wildman–Crippen MR) is 73.5 cm³/mol. The lowest BCUT2D eigenvalue weighted by Crippen LogP contribution is -2.46. The van der Waals surface area contributed by atoms with E-state index in [1.807, 2.05) is 0 Å². The third-order valence-electron chi connectivity index (χ3n) is 3.74. The van der Waals surface area contributed by atoms with E-state index in [4.69, 9.17) is 0 Å². The minimum absolute atomic E-state index is 0.134. The molecule has 0 bridgehead atoms. The Balaban J connectivity index is 2.16. The van der Waals surface area contributed by atoms with Gasteiger partial charge in [-0.1, -0.05) is 6.42 Å². The van der Waals surface area contributed by atoms with Crippen molar-refractivity contribution in [1.29, 1.82) is 0 Å². The summed E-state index contributed by atoms with van der Waals surface area (Å²) in [6.07, 6.45) is 3.10. The maximum absolute atomic E-state index is 13.7. The monoisotopic (exact) mass is 300 g/mol. The summed E-state index contributed by atoms with van der Waals surface area (Å²) in [6, 6.07) is 1.20. The lowest BCUT2D eigenvalue weighted by molar-refractivity contribution is 0.0731. The molecule has 0 saturated carbocycles. The molecule has 1 aliphatic heterocycles. The van der Waals surface area contributed by atoms with E-state index >= 15 is 0 Å². The smallest absolute Gasteiger partial charge is 0.259 e. The van der Waals surface area contributed by atoms with Crippen LogP contribution >= 0.6 is 0 Å². The zero-order valence-electron chi connectivity index (χ0n) is 12.0. The van der Waals surface area contributed by atoms with Crippen molar-refractivity contribution in [2.24, 2.45) is 0 Å². The Kier molecular flexibility index (Phi) is 5.22. The third-order valence-corrected chi connectivity index (χ3v) is 3.74. The summed E-state index contributed by atoms with van der Waals surface area (Å²) in [6.45, 7) is 3.37. The van der Waals surface area contributed by atoms with Crippen LogP contribution in [0.25, 0.3) is 0 Å². The molecule has 1 amide bonds. The second kappa shape index (κ2) is 6.93. The molecular weight excluding hydrogens is 281 g/mol. The van der Waals surface area contributed by atoms with E-state index in [0.29, 0.717) is 25.2 Å². The number of hydrogen-bond donors (Lipinski definition) is 1. The van der Waals surface area contributed by atoms with E-state index in [1.54, 1.807) is 6.92 Å². The first-order chi connectivity index (χ1) is 10.0. The van der Waals surface area contributed by atoms with Gasteiger partial charge < -0.3 is 10.2 Å². The summed E-state index contributed by atoms with van der Waals surface area (Å²) >= 11 is 0. The first kappa shape index (κ1) is 15.8. The molecule has 1 aromatic carbocycles. The van der Waals surface area contributed by atoms with E-state index in [9.17, 15) is 18.0 Å². The first-order valence-electron chi connectivity index (χ1n) is 7.20. The Morgan fingerprint density at radius 2 is 1.95 bits per heavy atom. The fourth-order valence-electron chi connectivity index (χ4n) is 2.61. The number of piperidine rings is 1. The van der Waals surface area contributed by atoms with Crippen molar-refractivity contribution >= 4 is 5.91 Å². The van der Waals surface area contributed by atoms with Gasteiger partial charge in [0.25, 0.3) is 5.91 Å². The number of amides is 1. The number of carbonyl (C=O) groups excluding carboxylic acids is 1. The molecule has 1 heterocycles. The SMILES string of the molecule is CCN(CC1CCCCN1)C(=O)c1c(F)cc(F)cc1F. The molecule has 1 fully saturated rings. The number of carbonyl (C=O) groups is 1. The standard InChI is InChI=1S/C15H19F3N2O/c1-2-20(9-11-5-3-4-6-19-11)15(21)14-12(17)7-10(16)8-13(14)18/h7-8,11,19H,2-6,9H2,1H3. The van der Waals surface area contributed by atoms with Crippen molar-refractivity contribution in [1.82, 2.24) is 10.2 Å².